The first kappa shape index (κ1) is 25.5. The van der Waals surface area contributed by atoms with Crippen molar-refractivity contribution in [1.82, 2.24) is 15.6 Å². The zero-order chi connectivity index (χ0) is 18.3. The van der Waals surface area contributed by atoms with E-state index >= 15 is 0 Å². The van der Waals surface area contributed by atoms with Crippen molar-refractivity contribution in [3.05, 3.63) is 58.9 Å². The molecule has 0 fully saturated rings. The van der Waals surface area contributed by atoms with Crippen LogP contribution >= 0.6 is 36.4 Å². The summed E-state index contributed by atoms with van der Waals surface area (Å²) in [5.41, 5.74) is 1.71. The second-order valence-electron chi connectivity index (χ2n) is 6.80. The Labute approximate surface area is 178 Å². The second-order valence-corrected chi connectivity index (χ2v) is 7.24. The van der Waals surface area contributed by atoms with Crippen LogP contribution in [0.15, 0.2) is 42.7 Å². The van der Waals surface area contributed by atoms with Gasteiger partial charge in [-0.2, -0.15) is 0 Å². The quantitative estimate of drug-likeness (QED) is 0.687. The van der Waals surface area contributed by atoms with E-state index in [1.807, 2.05) is 45.2 Å². The van der Waals surface area contributed by atoms with E-state index < -0.39 is 0 Å². The van der Waals surface area contributed by atoms with Crippen molar-refractivity contribution in [2.24, 2.45) is 0 Å². The van der Waals surface area contributed by atoms with Gasteiger partial charge in [0.1, 0.15) is 5.75 Å². The molecule has 0 saturated heterocycles. The number of carbonyl (C=O) groups is 1. The van der Waals surface area contributed by atoms with E-state index in [1.165, 1.54) is 0 Å². The first-order valence-electron chi connectivity index (χ1n) is 8.15. The number of hydrogen-bond donors (Lipinski definition) is 2. The minimum absolute atomic E-state index is 0. The van der Waals surface area contributed by atoms with Crippen molar-refractivity contribution in [3.63, 3.8) is 0 Å². The van der Waals surface area contributed by atoms with E-state index in [1.54, 1.807) is 18.3 Å². The van der Waals surface area contributed by atoms with Crippen molar-refractivity contribution in [1.29, 1.82) is 0 Å². The average Bonchev–Trinajstić information content (AvgIpc) is 2.53. The number of nitrogens with one attached hydrogen (secondary N) is 2. The van der Waals surface area contributed by atoms with Gasteiger partial charge in [-0.15, -0.1) is 24.8 Å². The second kappa shape index (κ2) is 12.0. The van der Waals surface area contributed by atoms with Gasteiger partial charge >= 0.3 is 0 Å². The first-order chi connectivity index (χ1) is 11.8. The number of halogens is 3. The van der Waals surface area contributed by atoms with Crippen LogP contribution in [-0.2, 0) is 17.9 Å². The van der Waals surface area contributed by atoms with E-state index in [-0.39, 0.29) is 42.9 Å². The zero-order valence-corrected chi connectivity index (χ0v) is 18.0. The summed E-state index contributed by atoms with van der Waals surface area (Å²) in [6, 6.07) is 9.29. The lowest BCUT2D eigenvalue weighted by Gasteiger charge is -2.21. The summed E-state index contributed by atoms with van der Waals surface area (Å²) in [4.78, 5) is 16.0. The molecule has 0 atom stereocenters. The molecule has 0 bridgehead atoms. The summed E-state index contributed by atoms with van der Waals surface area (Å²) in [6.07, 6.45) is 3.56. The lowest BCUT2D eigenvalue weighted by Crippen LogP contribution is -2.43. The number of pyridine rings is 1. The number of aromatic nitrogens is 1. The molecule has 0 aliphatic rings. The Bertz CT molecular complexity index is 707. The minimum Gasteiger partial charge on any atom is -0.483 e. The van der Waals surface area contributed by atoms with E-state index in [2.05, 4.69) is 15.6 Å². The van der Waals surface area contributed by atoms with Crippen molar-refractivity contribution < 1.29 is 9.53 Å². The van der Waals surface area contributed by atoms with Crippen LogP contribution in [0.4, 0.5) is 0 Å². The highest BCUT2D eigenvalue weighted by atomic mass is 35.5. The normalized spacial score (nSPS) is 10.4. The molecule has 1 amide bonds. The minimum atomic E-state index is -0.283. The Kier molecular flexibility index (Phi) is 11.4. The molecule has 2 rings (SSSR count). The molecule has 0 aliphatic heterocycles. The van der Waals surface area contributed by atoms with Crippen LogP contribution in [0.5, 0.6) is 5.75 Å². The van der Waals surface area contributed by atoms with Crippen LogP contribution in [-0.4, -0.2) is 23.0 Å². The summed E-state index contributed by atoms with van der Waals surface area (Å²) < 4.78 is 5.68. The van der Waals surface area contributed by atoms with E-state index in [0.717, 1.165) is 11.1 Å². The van der Waals surface area contributed by atoms with Gasteiger partial charge in [-0.1, -0.05) is 17.7 Å². The van der Waals surface area contributed by atoms with Crippen molar-refractivity contribution in [2.45, 2.75) is 39.4 Å². The number of hydrogen-bond acceptors (Lipinski definition) is 4. The molecule has 150 valence electrons. The highest BCUT2D eigenvalue weighted by Gasteiger charge is 2.14. The summed E-state index contributed by atoms with van der Waals surface area (Å²) in [7, 11) is 0. The molecule has 1 heterocycles. The Morgan fingerprint density at radius 1 is 1.19 bits per heavy atom. The van der Waals surface area contributed by atoms with Gasteiger partial charge in [-0.3, -0.25) is 9.78 Å². The standard InChI is InChI=1S/C19H24ClN3O2.2ClH/c1-19(2,3)23-18(24)13-25-17-7-6-16(20)9-15(17)12-22-11-14-5-4-8-21-10-14;;/h4-10,22H,11-13H2,1-3H3,(H,23,24);2*1H. The predicted octanol–water partition coefficient (Wildman–Crippen LogP) is 4.16. The lowest BCUT2D eigenvalue weighted by atomic mass is 10.1. The molecule has 27 heavy (non-hydrogen) atoms. The molecular weight excluding hydrogens is 409 g/mol. The molecule has 0 radical (unpaired) electrons. The fraction of sp³-hybridized carbons (Fsp3) is 0.368. The molecular formula is C19H26Cl3N3O2. The molecule has 0 unspecified atom stereocenters. The van der Waals surface area contributed by atoms with Crippen LogP contribution < -0.4 is 15.4 Å². The first-order valence-corrected chi connectivity index (χ1v) is 8.53. The number of benzene rings is 1. The molecule has 2 N–H and O–H groups in total. The van der Waals surface area contributed by atoms with E-state index in [0.29, 0.717) is 23.9 Å². The fourth-order valence-corrected chi connectivity index (χ4v) is 2.46. The van der Waals surface area contributed by atoms with Crippen LogP contribution in [0.1, 0.15) is 31.9 Å². The number of nitrogens with zero attached hydrogens (tertiary/aromatic N) is 1. The Balaban J connectivity index is 0.00000338. The third kappa shape index (κ3) is 9.82. The number of ether oxygens (including phenoxy) is 1. The third-order valence-corrected chi connectivity index (χ3v) is 3.50. The lowest BCUT2D eigenvalue weighted by molar-refractivity contribution is -0.124. The predicted molar refractivity (Wildman–Crippen MR) is 114 cm³/mol. The molecule has 2 aromatic rings. The van der Waals surface area contributed by atoms with Gasteiger partial charge in [0.2, 0.25) is 0 Å². The fourth-order valence-electron chi connectivity index (χ4n) is 2.27. The van der Waals surface area contributed by atoms with Gasteiger partial charge in [-0.05, 0) is 50.6 Å². The van der Waals surface area contributed by atoms with Gasteiger partial charge in [0.05, 0.1) is 0 Å². The topological polar surface area (TPSA) is 63.2 Å². The maximum Gasteiger partial charge on any atom is 0.258 e. The number of rotatable bonds is 7. The van der Waals surface area contributed by atoms with Crippen molar-refractivity contribution >= 4 is 42.3 Å². The van der Waals surface area contributed by atoms with Crippen LogP contribution in [0.25, 0.3) is 0 Å². The van der Waals surface area contributed by atoms with Gasteiger partial charge in [0, 0.05) is 41.6 Å². The summed E-state index contributed by atoms with van der Waals surface area (Å²) in [6.45, 7) is 7.02. The number of carbonyl (C=O) groups excluding carboxylic acids is 1. The summed E-state index contributed by atoms with van der Waals surface area (Å²) in [5, 5.41) is 6.83. The van der Waals surface area contributed by atoms with Crippen molar-refractivity contribution in [3.8, 4) is 5.75 Å². The molecule has 0 spiro atoms. The molecule has 5 nitrogen and oxygen atoms in total. The average molecular weight is 435 g/mol. The highest BCUT2D eigenvalue weighted by molar-refractivity contribution is 6.30. The summed E-state index contributed by atoms with van der Waals surface area (Å²) in [5.74, 6) is 0.490. The summed E-state index contributed by atoms with van der Waals surface area (Å²) >= 11 is 6.09. The largest absolute Gasteiger partial charge is 0.483 e. The Morgan fingerprint density at radius 3 is 2.56 bits per heavy atom. The van der Waals surface area contributed by atoms with Gasteiger partial charge < -0.3 is 15.4 Å². The van der Waals surface area contributed by atoms with E-state index in [9.17, 15) is 4.79 Å². The SMILES string of the molecule is CC(C)(C)NC(=O)COc1ccc(Cl)cc1CNCc1cccnc1.Cl.Cl. The maximum atomic E-state index is 11.9. The van der Waals surface area contributed by atoms with Crippen molar-refractivity contribution in [2.75, 3.05) is 6.61 Å². The van der Waals surface area contributed by atoms with Gasteiger partial charge in [0.15, 0.2) is 6.61 Å². The zero-order valence-electron chi connectivity index (χ0n) is 15.6. The van der Waals surface area contributed by atoms with Gasteiger partial charge in [0.25, 0.3) is 5.91 Å². The Morgan fingerprint density at radius 2 is 1.93 bits per heavy atom. The highest BCUT2D eigenvalue weighted by Crippen LogP contribution is 2.23. The number of amides is 1. The molecule has 0 aliphatic carbocycles. The molecule has 0 saturated carbocycles. The van der Waals surface area contributed by atoms with Crippen LogP contribution in [0, 0.1) is 0 Å². The molecule has 8 heteroatoms. The maximum absolute atomic E-state index is 11.9. The van der Waals surface area contributed by atoms with Gasteiger partial charge in [-0.25, -0.2) is 0 Å². The molecule has 1 aromatic heterocycles. The van der Waals surface area contributed by atoms with E-state index in [4.69, 9.17) is 16.3 Å². The smallest absolute Gasteiger partial charge is 0.258 e. The van der Waals surface area contributed by atoms with Crippen LogP contribution in [0.3, 0.4) is 0 Å². The monoisotopic (exact) mass is 433 g/mol. The third-order valence-electron chi connectivity index (χ3n) is 3.26. The molecule has 1 aromatic carbocycles. The Hall–Kier alpha value is -1.53. The van der Waals surface area contributed by atoms with Crippen LogP contribution in [0.2, 0.25) is 5.02 Å².